The second kappa shape index (κ2) is 9.72. The summed E-state index contributed by atoms with van der Waals surface area (Å²) in [6.45, 7) is 0. The van der Waals surface area contributed by atoms with Crippen molar-refractivity contribution in [2.75, 3.05) is 11.1 Å². The quantitative estimate of drug-likeness (QED) is 0.501. The highest BCUT2D eigenvalue weighted by atomic mass is 35.5. The molecule has 26 heavy (non-hydrogen) atoms. The van der Waals surface area contributed by atoms with Crippen molar-refractivity contribution in [3.8, 4) is 0 Å². The summed E-state index contributed by atoms with van der Waals surface area (Å²) in [6, 6.07) is 25.7. The fourth-order valence-electron chi connectivity index (χ4n) is 2.30. The van der Waals surface area contributed by atoms with Gasteiger partial charge in [0.05, 0.1) is 11.4 Å². The van der Waals surface area contributed by atoms with Crippen molar-refractivity contribution in [1.82, 2.24) is 0 Å². The van der Waals surface area contributed by atoms with E-state index in [1.54, 1.807) is 23.5 Å². The highest BCUT2D eigenvalue weighted by molar-refractivity contribution is 7.99. The summed E-state index contributed by atoms with van der Waals surface area (Å²) in [5, 5.41) is 3.75. The maximum atomic E-state index is 12.3. The zero-order valence-corrected chi connectivity index (χ0v) is 16.4. The molecule has 0 fully saturated rings. The Bertz CT molecular complexity index is 853. The first-order chi connectivity index (χ1) is 12.7. The maximum Gasteiger partial charge on any atom is 0.234 e. The van der Waals surface area contributed by atoms with Gasteiger partial charge in [0.2, 0.25) is 5.91 Å². The van der Waals surface area contributed by atoms with Gasteiger partial charge in [-0.2, -0.15) is 0 Å². The normalized spacial score (nSPS) is 10.5. The summed E-state index contributed by atoms with van der Waals surface area (Å²) in [6.07, 6.45) is 0. The van der Waals surface area contributed by atoms with Crippen LogP contribution in [0.15, 0.2) is 88.7 Å². The summed E-state index contributed by atoms with van der Waals surface area (Å²) in [5.74, 6) is 1.20. The van der Waals surface area contributed by atoms with Gasteiger partial charge < -0.3 is 5.32 Å². The number of para-hydroxylation sites is 1. The highest BCUT2D eigenvalue weighted by Gasteiger charge is 2.08. The molecule has 0 spiro atoms. The van der Waals surface area contributed by atoms with Crippen LogP contribution >= 0.6 is 35.1 Å². The number of hydrogen-bond acceptors (Lipinski definition) is 3. The average molecular weight is 400 g/mol. The molecule has 0 saturated heterocycles. The van der Waals surface area contributed by atoms with E-state index in [9.17, 15) is 4.79 Å². The van der Waals surface area contributed by atoms with E-state index in [-0.39, 0.29) is 5.91 Å². The van der Waals surface area contributed by atoms with Crippen LogP contribution in [0.2, 0.25) is 5.02 Å². The van der Waals surface area contributed by atoms with E-state index < -0.39 is 0 Å². The molecule has 0 saturated carbocycles. The van der Waals surface area contributed by atoms with Crippen molar-refractivity contribution in [3.63, 3.8) is 0 Å². The first kappa shape index (κ1) is 18.9. The van der Waals surface area contributed by atoms with Gasteiger partial charge in [-0.05, 0) is 42.0 Å². The molecule has 3 aromatic rings. The topological polar surface area (TPSA) is 29.1 Å². The van der Waals surface area contributed by atoms with Crippen LogP contribution in [0.3, 0.4) is 0 Å². The van der Waals surface area contributed by atoms with Crippen LogP contribution in [0.5, 0.6) is 0 Å². The lowest BCUT2D eigenvalue weighted by Crippen LogP contribution is -2.14. The Labute approximate surface area is 167 Å². The number of carbonyl (C=O) groups excluding carboxylic acids is 1. The number of amides is 1. The molecule has 0 aliphatic heterocycles. The molecule has 132 valence electrons. The van der Waals surface area contributed by atoms with E-state index in [4.69, 9.17) is 11.6 Å². The van der Waals surface area contributed by atoms with Gasteiger partial charge in [0.25, 0.3) is 0 Å². The minimum absolute atomic E-state index is 0.00470. The molecular weight excluding hydrogens is 382 g/mol. The average Bonchev–Trinajstić information content (AvgIpc) is 2.66. The lowest BCUT2D eigenvalue weighted by Gasteiger charge is -2.11. The van der Waals surface area contributed by atoms with Crippen LogP contribution in [-0.2, 0) is 10.5 Å². The number of nitrogens with one attached hydrogen (secondary N) is 1. The Balaban J connectivity index is 1.55. The number of rotatable bonds is 7. The standard InChI is InChI=1S/C21H18ClNOS2/c22-17-12-10-16(11-13-17)14-25-15-21(24)23-19-8-4-5-9-20(19)26-18-6-2-1-3-7-18/h1-13H,14-15H2,(H,23,24). The fourth-order valence-corrected chi connectivity index (χ4v) is 4.14. The van der Waals surface area contributed by atoms with Crippen molar-refractivity contribution < 1.29 is 4.79 Å². The predicted octanol–water partition coefficient (Wildman–Crippen LogP) is 6.36. The van der Waals surface area contributed by atoms with E-state index in [0.717, 1.165) is 31.8 Å². The van der Waals surface area contributed by atoms with E-state index >= 15 is 0 Å². The van der Waals surface area contributed by atoms with E-state index in [1.165, 1.54) is 0 Å². The molecule has 3 aromatic carbocycles. The van der Waals surface area contributed by atoms with Crippen LogP contribution in [0.4, 0.5) is 5.69 Å². The fraction of sp³-hybridized carbons (Fsp3) is 0.0952. The number of carbonyl (C=O) groups is 1. The molecule has 1 N–H and O–H groups in total. The van der Waals surface area contributed by atoms with Gasteiger partial charge in [0.1, 0.15) is 0 Å². The number of thioether (sulfide) groups is 1. The maximum absolute atomic E-state index is 12.3. The first-order valence-corrected chi connectivity index (χ1v) is 10.5. The van der Waals surface area contributed by atoms with Crippen molar-refractivity contribution in [2.24, 2.45) is 0 Å². The Morgan fingerprint density at radius 1 is 0.885 bits per heavy atom. The second-order valence-electron chi connectivity index (χ2n) is 5.58. The monoisotopic (exact) mass is 399 g/mol. The second-order valence-corrected chi connectivity index (χ2v) is 8.12. The first-order valence-electron chi connectivity index (χ1n) is 8.15. The molecule has 0 atom stereocenters. The van der Waals surface area contributed by atoms with E-state index in [2.05, 4.69) is 17.4 Å². The largest absolute Gasteiger partial charge is 0.324 e. The molecule has 0 heterocycles. The van der Waals surface area contributed by atoms with Crippen LogP contribution in [0.25, 0.3) is 0 Å². The molecule has 2 nitrogen and oxygen atoms in total. The third-order valence-corrected chi connectivity index (χ3v) is 5.89. The van der Waals surface area contributed by atoms with Crippen LogP contribution < -0.4 is 5.32 Å². The van der Waals surface area contributed by atoms with Gasteiger partial charge in [-0.3, -0.25) is 4.79 Å². The van der Waals surface area contributed by atoms with Gasteiger partial charge >= 0.3 is 0 Å². The zero-order valence-electron chi connectivity index (χ0n) is 14.0. The molecule has 3 rings (SSSR count). The van der Waals surface area contributed by atoms with Crippen molar-refractivity contribution in [3.05, 3.63) is 89.4 Å². The van der Waals surface area contributed by atoms with Crippen LogP contribution in [0, 0.1) is 0 Å². The third kappa shape index (κ3) is 5.84. The minimum Gasteiger partial charge on any atom is -0.324 e. The molecule has 0 aliphatic carbocycles. The van der Waals surface area contributed by atoms with Crippen molar-refractivity contribution >= 4 is 46.7 Å². The summed E-state index contributed by atoms with van der Waals surface area (Å²) in [7, 11) is 0. The van der Waals surface area contributed by atoms with Crippen LogP contribution in [0.1, 0.15) is 5.56 Å². The van der Waals surface area contributed by atoms with Gasteiger partial charge in [-0.15, -0.1) is 11.8 Å². The SMILES string of the molecule is O=C(CSCc1ccc(Cl)cc1)Nc1ccccc1Sc1ccccc1. The minimum atomic E-state index is 0.00470. The number of benzene rings is 3. The summed E-state index contributed by atoms with van der Waals surface area (Å²) < 4.78 is 0. The lowest BCUT2D eigenvalue weighted by atomic mass is 10.2. The highest BCUT2D eigenvalue weighted by Crippen LogP contribution is 2.33. The predicted molar refractivity (Wildman–Crippen MR) is 113 cm³/mol. The van der Waals surface area contributed by atoms with Gasteiger partial charge in [0, 0.05) is 20.6 Å². The number of anilines is 1. The molecule has 0 bridgehead atoms. The molecule has 0 radical (unpaired) electrons. The van der Waals surface area contributed by atoms with Gasteiger partial charge in [0.15, 0.2) is 0 Å². The number of halogens is 1. The zero-order chi connectivity index (χ0) is 18.2. The summed E-state index contributed by atoms with van der Waals surface area (Å²) in [4.78, 5) is 14.5. The Morgan fingerprint density at radius 3 is 2.35 bits per heavy atom. The molecule has 0 unspecified atom stereocenters. The summed E-state index contributed by atoms with van der Waals surface area (Å²) in [5.41, 5.74) is 2.01. The smallest absolute Gasteiger partial charge is 0.234 e. The van der Waals surface area contributed by atoms with Crippen LogP contribution in [-0.4, -0.2) is 11.7 Å². The number of hydrogen-bond donors (Lipinski definition) is 1. The molecular formula is C21H18ClNOS2. The Morgan fingerprint density at radius 2 is 1.58 bits per heavy atom. The van der Waals surface area contributed by atoms with E-state index in [0.29, 0.717) is 5.75 Å². The van der Waals surface area contributed by atoms with Crippen molar-refractivity contribution in [1.29, 1.82) is 0 Å². The molecule has 0 aliphatic rings. The Hall–Kier alpha value is -1.88. The summed E-state index contributed by atoms with van der Waals surface area (Å²) >= 11 is 9.12. The third-order valence-electron chi connectivity index (χ3n) is 3.55. The van der Waals surface area contributed by atoms with Crippen molar-refractivity contribution in [2.45, 2.75) is 15.5 Å². The van der Waals surface area contributed by atoms with Gasteiger partial charge in [-0.25, -0.2) is 0 Å². The van der Waals surface area contributed by atoms with Gasteiger partial charge in [-0.1, -0.05) is 65.8 Å². The van der Waals surface area contributed by atoms with E-state index in [1.807, 2.05) is 66.7 Å². The molecule has 1 amide bonds. The molecule has 5 heteroatoms. The molecule has 0 aromatic heterocycles. The Kier molecular flexibility index (Phi) is 7.06. The lowest BCUT2D eigenvalue weighted by molar-refractivity contribution is -0.113.